The monoisotopic (exact) mass is 366 g/mol. The van der Waals surface area contributed by atoms with Crippen molar-refractivity contribution in [2.75, 3.05) is 13.2 Å². The predicted octanol–water partition coefficient (Wildman–Crippen LogP) is 4.42. The number of fused-ring (bicyclic) bond motifs is 1. The van der Waals surface area contributed by atoms with Gasteiger partial charge in [-0.1, -0.05) is 33.8 Å². The van der Waals surface area contributed by atoms with Gasteiger partial charge in [0.05, 0.1) is 6.10 Å². The van der Waals surface area contributed by atoms with E-state index in [9.17, 15) is 5.11 Å². The normalized spacial score (nSPS) is 14.8. The summed E-state index contributed by atoms with van der Waals surface area (Å²) in [5, 5.41) is 9.89. The first-order valence-electron chi connectivity index (χ1n) is 6.68. The van der Waals surface area contributed by atoms with E-state index in [1.165, 1.54) is 0 Å². The molecule has 5 heteroatoms. The molecule has 1 unspecified atom stereocenters. The van der Waals surface area contributed by atoms with Crippen LogP contribution >= 0.6 is 27.7 Å². The van der Waals surface area contributed by atoms with E-state index in [1.807, 2.05) is 36.4 Å². The minimum absolute atomic E-state index is 0.502. The molecule has 0 saturated heterocycles. The van der Waals surface area contributed by atoms with Crippen LogP contribution in [-0.2, 0) is 0 Å². The summed E-state index contributed by atoms with van der Waals surface area (Å²) < 4.78 is 12.1. The molecule has 1 N–H and O–H groups in total. The maximum atomic E-state index is 9.89. The Morgan fingerprint density at radius 2 is 1.86 bits per heavy atom. The summed E-state index contributed by atoms with van der Waals surface area (Å²) in [6.07, 6.45) is -0.502. The highest BCUT2D eigenvalue weighted by molar-refractivity contribution is 9.10. The average molecular weight is 367 g/mol. The first-order valence-corrected chi connectivity index (χ1v) is 8.29. The number of halogens is 1. The van der Waals surface area contributed by atoms with Crippen LogP contribution in [0, 0.1) is 0 Å². The van der Waals surface area contributed by atoms with Gasteiger partial charge in [0.2, 0.25) is 0 Å². The van der Waals surface area contributed by atoms with E-state index in [0.717, 1.165) is 31.3 Å². The second-order valence-corrected chi connectivity index (χ2v) is 6.80. The molecule has 0 spiro atoms. The van der Waals surface area contributed by atoms with Crippen molar-refractivity contribution in [2.45, 2.75) is 22.8 Å². The van der Waals surface area contributed by atoms with Crippen molar-refractivity contribution in [1.82, 2.24) is 0 Å². The van der Waals surface area contributed by atoms with Crippen molar-refractivity contribution >= 4 is 27.7 Å². The Bertz CT molecular complexity index is 658. The Balaban J connectivity index is 1.91. The van der Waals surface area contributed by atoms with Crippen LogP contribution in [0.15, 0.2) is 50.7 Å². The van der Waals surface area contributed by atoms with Gasteiger partial charge in [-0.3, -0.25) is 0 Å². The van der Waals surface area contributed by atoms with E-state index in [4.69, 9.17) is 9.47 Å². The van der Waals surface area contributed by atoms with Crippen molar-refractivity contribution in [1.29, 1.82) is 0 Å². The summed E-state index contributed by atoms with van der Waals surface area (Å²) in [5.74, 6) is 1.57. The fourth-order valence-electron chi connectivity index (χ4n) is 2.16. The molecule has 0 bridgehead atoms. The SMILES string of the molecule is CC(O)c1ccc(Br)cc1Sc1ccc2c(c1)OCCO2. The molecule has 1 aliphatic heterocycles. The van der Waals surface area contributed by atoms with E-state index in [0.29, 0.717) is 13.2 Å². The lowest BCUT2D eigenvalue weighted by Gasteiger charge is -2.19. The number of hydrogen-bond acceptors (Lipinski definition) is 4. The largest absolute Gasteiger partial charge is 0.486 e. The molecule has 0 radical (unpaired) electrons. The highest BCUT2D eigenvalue weighted by atomic mass is 79.9. The van der Waals surface area contributed by atoms with Crippen molar-refractivity contribution in [2.24, 2.45) is 0 Å². The molecule has 0 aliphatic carbocycles. The molecule has 0 saturated carbocycles. The smallest absolute Gasteiger partial charge is 0.162 e. The summed E-state index contributed by atoms with van der Waals surface area (Å²) in [7, 11) is 0. The van der Waals surface area contributed by atoms with Crippen molar-refractivity contribution in [3.63, 3.8) is 0 Å². The predicted molar refractivity (Wildman–Crippen MR) is 86.3 cm³/mol. The zero-order valence-electron chi connectivity index (χ0n) is 11.5. The molecular formula is C16H15BrO3S. The van der Waals surface area contributed by atoms with E-state index in [-0.39, 0.29) is 0 Å². The first-order chi connectivity index (χ1) is 10.1. The van der Waals surface area contributed by atoms with E-state index in [2.05, 4.69) is 15.9 Å². The second kappa shape index (κ2) is 6.30. The van der Waals surface area contributed by atoms with Gasteiger partial charge in [0.25, 0.3) is 0 Å². The molecule has 2 aromatic carbocycles. The fraction of sp³-hybridized carbons (Fsp3) is 0.250. The van der Waals surface area contributed by atoms with Crippen LogP contribution in [0.1, 0.15) is 18.6 Å². The summed E-state index contributed by atoms with van der Waals surface area (Å²) >= 11 is 5.08. The fourth-order valence-corrected chi connectivity index (χ4v) is 3.77. The molecule has 110 valence electrons. The van der Waals surface area contributed by atoms with E-state index >= 15 is 0 Å². The number of rotatable bonds is 3. The van der Waals surface area contributed by atoms with Gasteiger partial charge in [0, 0.05) is 14.3 Å². The lowest BCUT2D eigenvalue weighted by molar-refractivity contribution is 0.171. The molecule has 0 fully saturated rings. The Kier molecular flexibility index (Phi) is 4.42. The van der Waals surface area contributed by atoms with Gasteiger partial charge in [-0.2, -0.15) is 0 Å². The standard InChI is InChI=1S/C16H15BrO3S/c1-10(18)13-4-2-11(17)8-16(13)21-12-3-5-14-15(9-12)20-7-6-19-14/h2-5,8-10,18H,6-7H2,1H3. The molecule has 2 aromatic rings. The molecule has 1 atom stereocenters. The van der Waals surface area contributed by atoms with Gasteiger partial charge in [0.15, 0.2) is 11.5 Å². The van der Waals surface area contributed by atoms with Crippen LogP contribution in [0.3, 0.4) is 0 Å². The molecule has 0 amide bonds. The highest BCUT2D eigenvalue weighted by Crippen LogP contribution is 2.39. The lowest BCUT2D eigenvalue weighted by atomic mass is 10.1. The second-order valence-electron chi connectivity index (χ2n) is 4.77. The van der Waals surface area contributed by atoms with Crippen LogP contribution in [0.2, 0.25) is 0 Å². The number of ether oxygens (including phenoxy) is 2. The van der Waals surface area contributed by atoms with Gasteiger partial charge < -0.3 is 14.6 Å². The minimum Gasteiger partial charge on any atom is -0.486 e. The zero-order valence-corrected chi connectivity index (χ0v) is 13.9. The molecule has 1 heterocycles. The Labute approximate surface area is 136 Å². The van der Waals surface area contributed by atoms with Crippen LogP contribution < -0.4 is 9.47 Å². The van der Waals surface area contributed by atoms with Gasteiger partial charge in [-0.15, -0.1) is 0 Å². The molecular weight excluding hydrogens is 352 g/mol. The van der Waals surface area contributed by atoms with Gasteiger partial charge in [0.1, 0.15) is 13.2 Å². The minimum atomic E-state index is -0.502. The average Bonchev–Trinajstić information content (AvgIpc) is 2.47. The van der Waals surface area contributed by atoms with E-state index in [1.54, 1.807) is 18.7 Å². The molecule has 3 rings (SSSR count). The molecule has 21 heavy (non-hydrogen) atoms. The summed E-state index contributed by atoms with van der Waals surface area (Å²) in [5.41, 5.74) is 0.915. The highest BCUT2D eigenvalue weighted by Gasteiger charge is 2.14. The van der Waals surface area contributed by atoms with Crippen molar-refractivity contribution in [3.05, 3.63) is 46.4 Å². The van der Waals surface area contributed by atoms with Crippen LogP contribution in [0.5, 0.6) is 11.5 Å². The molecule has 3 nitrogen and oxygen atoms in total. The van der Waals surface area contributed by atoms with Gasteiger partial charge >= 0.3 is 0 Å². The number of hydrogen-bond donors (Lipinski definition) is 1. The first kappa shape index (κ1) is 14.8. The number of aliphatic hydroxyl groups is 1. The summed E-state index contributed by atoms with van der Waals surface area (Å²) in [6.45, 7) is 2.95. The van der Waals surface area contributed by atoms with E-state index < -0.39 is 6.10 Å². The third-order valence-corrected chi connectivity index (χ3v) is 4.72. The van der Waals surface area contributed by atoms with Crippen LogP contribution in [0.4, 0.5) is 0 Å². The zero-order chi connectivity index (χ0) is 14.8. The quantitative estimate of drug-likeness (QED) is 0.872. The summed E-state index contributed by atoms with van der Waals surface area (Å²) in [4.78, 5) is 2.08. The maximum absolute atomic E-state index is 9.89. The Morgan fingerprint density at radius 1 is 1.10 bits per heavy atom. The Hall–Kier alpha value is -1.17. The summed E-state index contributed by atoms with van der Waals surface area (Å²) in [6, 6.07) is 11.8. The van der Waals surface area contributed by atoms with Gasteiger partial charge in [-0.25, -0.2) is 0 Å². The third-order valence-electron chi connectivity index (χ3n) is 3.17. The lowest BCUT2D eigenvalue weighted by Crippen LogP contribution is -2.15. The van der Waals surface area contributed by atoms with Crippen molar-refractivity contribution in [3.8, 4) is 11.5 Å². The van der Waals surface area contributed by atoms with Crippen molar-refractivity contribution < 1.29 is 14.6 Å². The Morgan fingerprint density at radius 3 is 2.62 bits per heavy atom. The number of aliphatic hydroxyl groups excluding tert-OH is 1. The number of benzene rings is 2. The topological polar surface area (TPSA) is 38.7 Å². The molecule has 0 aromatic heterocycles. The van der Waals surface area contributed by atoms with Crippen LogP contribution in [-0.4, -0.2) is 18.3 Å². The third kappa shape index (κ3) is 3.36. The maximum Gasteiger partial charge on any atom is 0.162 e. The molecule has 1 aliphatic rings. The van der Waals surface area contributed by atoms with Gasteiger partial charge in [-0.05, 0) is 42.8 Å². The van der Waals surface area contributed by atoms with Crippen LogP contribution in [0.25, 0.3) is 0 Å².